The number of benzene rings is 1. The zero-order chi connectivity index (χ0) is 25.2. The normalized spacial score (nSPS) is 22.8. The van der Waals surface area contributed by atoms with Gasteiger partial charge in [0.15, 0.2) is 0 Å². The van der Waals surface area contributed by atoms with Gasteiger partial charge in [-0.25, -0.2) is 9.78 Å². The van der Waals surface area contributed by atoms with Crippen LogP contribution in [-0.2, 0) is 9.53 Å². The molecule has 0 saturated carbocycles. The van der Waals surface area contributed by atoms with E-state index in [1.165, 1.54) is 11.8 Å². The monoisotopic (exact) mass is 511 g/mol. The predicted molar refractivity (Wildman–Crippen MR) is 139 cm³/mol. The van der Waals surface area contributed by atoms with E-state index >= 15 is 0 Å². The number of urea groups is 1. The van der Waals surface area contributed by atoms with E-state index in [9.17, 15) is 9.59 Å². The Hall–Kier alpha value is -2.82. The van der Waals surface area contributed by atoms with Gasteiger partial charge in [0, 0.05) is 24.3 Å². The van der Waals surface area contributed by atoms with E-state index in [-0.39, 0.29) is 24.1 Å². The fourth-order valence-electron chi connectivity index (χ4n) is 4.93. The van der Waals surface area contributed by atoms with Crippen molar-refractivity contribution in [1.29, 1.82) is 0 Å². The standard InChI is InChI=1S/C26H33N5O4S/c1-15(2)34-11-12-35-18-6-7-19(16(3)13-18)31-20-8-10-28-25-21(20)22(30-26(31)33)23(36-25)24(32)29-17-5-4-9-27-14-17/h6-8,10,13,15,17,22-23,27H,4-5,9,11-12,14H2,1-3H3,(H,29,32)(H,30,33)/t17?,22?,23-/m1/s1. The van der Waals surface area contributed by atoms with Gasteiger partial charge in [-0.3, -0.25) is 9.69 Å². The zero-order valence-electron chi connectivity index (χ0n) is 20.9. The predicted octanol–water partition coefficient (Wildman–Crippen LogP) is 3.44. The molecule has 192 valence electrons. The van der Waals surface area contributed by atoms with Crippen LogP contribution in [0, 0.1) is 6.92 Å². The number of carbonyl (C=O) groups excluding carboxylic acids is 2. The summed E-state index contributed by atoms with van der Waals surface area (Å²) in [5, 5.41) is 9.91. The summed E-state index contributed by atoms with van der Waals surface area (Å²) in [6.07, 6.45) is 3.87. The molecule has 2 aromatic rings. The maximum Gasteiger partial charge on any atom is 0.327 e. The van der Waals surface area contributed by atoms with E-state index < -0.39 is 11.3 Å². The van der Waals surface area contributed by atoms with Gasteiger partial charge in [-0.1, -0.05) is 11.8 Å². The van der Waals surface area contributed by atoms with Gasteiger partial charge < -0.3 is 25.4 Å². The first-order valence-electron chi connectivity index (χ1n) is 12.5. The first-order valence-corrected chi connectivity index (χ1v) is 13.4. The molecule has 1 aromatic carbocycles. The number of aromatic nitrogens is 1. The van der Waals surface area contributed by atoms with Crippen molar-refractivity contribution < 1.29 is 19.1 Å². The fraction of sp³-hybridized carbons (Fsp3) is 0.500. The van der Waals surface area contributed by atoms with E-state index in [0.717, 1.165) is 59.2 Å². The van der Waals surface area contributed by atoms with E-state index in [2.05, 4.69) is 20.9 Å². The highest BCUT2D eigenvalue weighted by Gasteiger charge is 2.47. The Morgan fingerprint density at radius 1 is 1.28 bits per heavy atom. The van der Waals surface area contributed by atoms with Crippen LogP contribution in [0.2, 0.25) is 0 Å². The fourth-order valence-corrected chi connectivity index (χ4v) is 6.17. The van der Waals surface area contributed by atoms with Crippen molar-refractivity contribution in [3.8, 4) is 5.75 Å². The van der Waals surface area contributed by atoms with Crippen LogP contribution in [0.5, 0.6) is 5.75 Å². The summed E-state index contributed by atoms with van der Waals surface area (Å²) in [5.41, 5.74) is 3.32. The maximum atomic E-state index is 13.4. The van der Waals surface area contributed by atoms with E-state index in [4.69, 9.17) is 9.47 Å². The first kappa shape index (κ1) is 24.9. The number of amides is 3. The Labute approximate surface area is 215 Å². The molecule has 0 spiro atoms. The molecule has 0 bridgehead atoms. The summed E-state index contributed by atoms with van der Waals surface area (Å²) in [6.45, 7) is 8.66. The van der Waals surface area contributed by atoms with Crippen LogP contribution < -0.4 is 25.6 Å². The van der Waals surface area contributed by atoms with Gasteiger partial charge in [-0.15, -0.1) is 0 Å². The van der Waals surface area contributed by atoms with Crippen molar-refractivity contribution in [2.45, 2.75) is 62.1 Å². The number of nitrogens with one attached hydrogen (secondary N) is 3. The molecule has 3 atom stereocenters. The quantitative estimate of drug-likeness (QED) is 0.467. The highest BCUT2D eigenvalue weighted by Crippen LogP contribution is 2.51. The summed E-state index contributed by atoms with van der Waals surface area (Å²) in [7, 11) is 0. The summed E-state index contributed by atoms with van der Waals surface area (Å²) in [6, 6.07) is 6.96. The van der Waals surface area contributed by atoms with Crippen molar-refractivity contribution >= 4 is 35.1 Å². The SMILES string of the molecule is Cc1cc(OCCOC(C)C)ccc1N1C(=O)NC2c3c1ccnc3S[C@H]2C(=O)NC1CCCNC1. The number of carbonyl (C=O) groups is 2. The molecule has 0 radical (unpaired) electrons. The van der Waals surface area contributed by atoms with Crippen molar-refractivity contribution in [1.82, 2.24) is 20.9 Å². The molecule has 2 unspecified atom stereocenters. The van der Waals surface area contributed by atoms with Gasteiger partial charge >= 0.3 is 6.03 Å². The van der Waals surface area contributed by atoms with E-state index in [0.29, 0.717) is 13.2 Å². The third kappa shape index (κ3) is 5.02. The van der Waals surface area contributed by atoms with Crippen LogP contribution in [-0.4, -0.2) is 60.6 Å². The number of pyridine rings is 1. The van der Waals surface area contributed by atoms with Gasteiger partial charge in [-0.2, -0.15) is 0 Å². The molecule has 1 saturated heterocycles. The average Bonchev–Trinajstić information content (AvgIpc) is 3.23. The van der Waals surface area contributed by atoms with Crippen LogP contribution >= 0.6 is 11.8 Å². The Bertz CT molecular complexity index is 1140. The van der Waals surface area contributed by atoms with Crippen molar-refractivity contribution in [3.05, 3.63) is 41.6 Å². The van der Waals surface area contributed by atoms with E-state index in [1.807, 2.05) is 45.0 Å². The maximum absolute atomic E-state index is 13.4. The van der Waals surface area contributed by atoms with Crippen LogP contribution in [0.25, 0.3) is 0 Å². The van der Waals surface area contributed by atoms with Gasteiger partial charge in [0.2, 0.25) is 5.91 Å². The van der Waals surface area contributed by atoms with Gasteiger partial charge in [0.25, 0.3) is 0 Å². The molecule has 36 heavy (non-hydrogen) atoms. The highest BCUT2D eigenvalue weighted by atomic mass is 32.2. The molecule has 10 heteroatoms. The Morgan fingerprint density at radius 3 is 2.89 bits per heavy atom. The van der Waals surface area contributed by atoms with Gasteiger partial charge in [-0.05, 0) is 70.0 Å². The van der Waals surface area contributed by atoms with Crippen LogP contribution in [0.3, 0.4) is 0 Å². The minimum absolute atomic E-state index is 0.0597. The summed E-state index contributed by atoms with van der Waals surface area (Å²) >= 11 is 1.42. The highest BCUT2D eigenvalue weighted by molar-refractivity contribution is 8.01. The Morgan fingerprint density at radius 2 is 2.14 bits per heavy atom. The lowest BCUT2D eigenvalue weighted by Gasteiger charge is -2.35. The van der Waals surface area contributed by atoms with Gasteiger partial charge in [0.1, 0.15) is 22.6 Å². The third-order valence-electron chi connectivity index (χ3n) is 6.62. The molecule has 1 fully saturated rings. The molecule has 4 heterocycles. The molecule has 3 aliphatic rings. The van der Waals surface area contributed by atoms with Gasteiger partial charge in [0.05, 0.1) is 30.1 Å². The van der Waals surface area contributed by atoms with Crippen molar-refractivity contribution in [3.63, 3.8) is 0 Å². The Balaban J connectivity index is 1.35. The second kappa shape index (κ2) is 10.7. The number of anilines is 2. The lowest BCUT2D eigenvalue weighted by molar-refractivity contribution is -0.121. The number of hydrogen-bond acceptors (Lipinski definition) is 7. The molecule has 3 aliphatic heterocycles. The Kier molecular flexibility index (Phi) is 7.36. The number of hydrogen-bond donors (Lipinski definition) is 3. The molecule has 0 aliphatic carbocycles. The third-order valence-corrected chi connectivity index (χ3v) is 7.91. The molecule has 9 nitrogen and oxygen atoms in total. The summed E-state index contributed by atoms with van der Waals surface area (Å²) < 4.78 is 11.4. The van der Waals surface area contributed by atoms with E-state index in [1.54, 1.807) is 11.1 Å². The molecular formula is C26H33N5O4S. The van der Waals surface area contributed by atoms with Crippen molar-refractivity contribution in [2.24, 2.45) is 0 Å². The number of aryl methyl sites for hydroxylation is 1. The van der Waals surface area contributed by atoms with Crippen molar-refractivity contribution in [2.75, 3.05) is 31.2 Å². The lowest BCUT2D eigenvalue weighted by atomic mass is 9.99. The minimum Gasteiger partial charge on any atom is -0.491 e. The number of piperidine rings is 1. The summed E-state index contributed by atoms with van der Waals surface area (Å²) in [4.78, 5) is 32.8. The van der Waals surface area contributed by atoms with Crippen LogP contribution in [0.15, 0.2) is 35.5 Å². The second-order valence-corrected chi connectivity index (χ2v) is 10.7. The minimum atomic E-state index is -0.452. The number of rotatable bonds is 8. The molecular weight excluding hydrogens is 478 g/mol. The molecule has 5 rings (SSSR count). The molecule has 1 aromatic heterocycles. The average molecular weight is 512 g/mol. The summed E-state index contributed by atoms with van der Waals surface area (Å²) in [5.74, 6) is 0.666. The smallest absolute Gasteiger partial charge is 0.327 e. The first-order chi connectivity index (χ1) is 17.4. The molecule has 3 N–H and O–H groups in total. The molecule has 3 amide bonds. The van der Waals surface area contributed by atoms with Crippen LogP contribution in [0.4, 0.5) is 16.2 Å². The zero-order valence-corrected chi connectivity index (χ0v) is 21.7. The lowest BCUT2D eigenvalue weighted by Crippen LogP contribution is -2.52. The largest absolute Gasteiger partial charge is 0.491 e. The topological polar surface area (TPSA) is 105 Å². The number of thioether (sulfide) groups is 1. The number of nitrogens with zero attached hydrogens (tertiary/aromatic N) is 2. The van der Waals surface area contributed by atoms with Crippen LogP contribution in [0.1, 0.15) is 43.9 Å². The number of ether oxygens (including phenoxy) is 2. The second-order valence-electron chi connectivity index (χ2n) is 9.62.